The maximum atomic E-state index is 8.93. The monoisotopic (exact) mass is 909 g/mol. The SMILES string of the molecule is [2H]C([2H])([2H])c1c[c-]c(-c2ccc(C([2H])([2H])C(C)(C)C)cn2)cc1.[2H]C([2H])([2H])c1cnc(-c2[c-]ccc3c2oc2c4ccccc4c4oc5ccccc5c4c32)cc1C([2H])([2H])C(C)(C)C.[Ir]. The van der Waals surface area contributed by atoms with Gasteiger partial charge in [0.1, 0.15) is 16.7 Å². The summed E-state index contributed by atoms with van der Waals surface area (Å²) in [4.78, 5) is 8.83. The summed E-state index contributed by atoms with van der Waals surface area (Å²) in [5.74, 6) is 0. The van der Waals surface area contributed by atoms with Gasteiger partial charge in [-0.25, -0.2) is 0 Å². The van der Waals surface area contributed by atoms with Crippen LogP contribution in [0.2, 0.25) is 0 Å². The largest absolute Gasteiger partial charge is 0.500 e. The van der Waals surface area contributed by atoms with Crippen LogP contribution >= 0.6 is 0 Å². The molecule has 279 valence electrons. The number of fused-ring (bicyclic) bond motifs is 10. The smallest absolute Gasteiger partial charge is 0.144 e. The molecule has 0 spiro atoms. The Bertz CT molecular complexity index is 3210. The summed E-state index contributed by atoms with van der Waals surface area (Å²) >= 11 is 0. The average molecular weight is 909 g/mol. The van der Waals surface area contributed by atoms with Gasteiger partial charge in [-0.1, -0.05) is 126 Å². The molecule has 4 nitrogen and oxygen atoms in total. The van der Waals surface area contributed by atoms with Gasteiger partial charge in [-0.05, 0) is 59.0 Å². The van der Waals surface area contributed by atoms with Crippen molar-refractivity contribution in [3.63, 3.8) is 0 Å². The molecule has 0 bridgehead atoms. The Labute approximate surface area is 351 Å². The van der Waals surface area contributed by atoms with E-state index in [0.717, 1.165) is 43.5 Å². The summed E-state index contributed by atoms with van der Waals surface area (Å²) in [6.07, 6.45) is -0.637. The minimum atomic E-state index is -2.53. The molecule has 0 fully saturated rings. The number of rotatable bonds is 4. The van der Waals surface area contributed by atoms with Gasteiger partial charge < -0.3 is 18.8 Å². The molecule has 0 atom stereocenters. The molecule has 0 saturated heterocycles. The number of hydrogen-bond donors (Lipinski definition) is 0. The summed E-state index contributed by atoms with van der Waals surface area (Å²) in [5, 5.41) is 5.55. The molecule has 4 heterocycles. The topological polar surface area (TPSA) is 52.1 Å². The van der Waals surface area contributed by atoms with Crippen molar-refractivity contribution >= 4 is 54.6 Å². The van der Waals surface area contributed by atoms with Crippen LogP contribution in [0, 0.1) is 36.7 Å². The second-order valence-electron chi connectivity index (χ2n) is 15.5. The van der Waals surface area contributed by atoms with E-state index in [0.29, 0.717) is 39.2 Å². The van der Waals surface area contributed by atoms with E-state index in [-0.39, 0.29) is 36.8 Å². The van der Waals surface area contributed by atoms with Gasteiger partial charge in [0.2, 0.25) is 0 Å². The van der Waals surface area contributed by atoms with Crippen molar-refractivity contribution in [1.82, 2.24) is 9.97 Å². The number of hydrogen-bond acceptors (Lipinski definition) is 4. The van der Waals surface area contributed by atoms with Crippen molar-refractivity contribution in [3.8, 4) is 22.5 Å². The van der Waals surface area contributed by atoms with Crippen molar-refractivity contribution in [2.45, 2.75) is 68.0 Å². The molecule has 0 amide bonds. The maximum absolute atomic E-state index is 8.93. The number of para-hydroxylation sites is 1. The Morgan fingerprint density at radius 3 is 2.00 bits per heavy atom. The van der Waals surface area contributed by atoms with Gasteiger partial charge in [0.25, 0.3) is 0 Å². The third kappa shape index (κ3) is 7.74. The molecule has 4 aromatic heterocycles. The minimum Gasteiger partial charge on any atom is -0.500 e. The molecular formula is C50H46IrN2O2-2. The Kier molecular flexibility index (Phi) is 7.43. The van der Waals surface area contributed by atoms with Crippen molar-refractivity contribution < 1.29 is 42.6 Å². The molecule has 1 radical (unpaired) electrons. The molecule has 0 unspecified atom stereocenters. The van der Waals surface area contributed by atoms with E-state index in [9.17, 15) is 0 Å². The fraction of sp³-hybridized carbons (Fsp3) is 0.240. The molecule has 0 aliphatic heterocycles. The number of aryl methyl sites for hydroxylation is 2. The third-order valence-electron chi connectivity index (χ3n) is 8.95. The van der Waals surface area contributed by atoms with Crippen LogP contribution < -0.4 is 0 Å². The Morgan fingerprint density at radius 1 is 0.655 bits per heavy atom. The summed E-state index contributed by atoms with van der Waals surface area (Å²) < 4.78 is 93.7. The summed E-state index contributed by atoms with van der Waals surface area (Å²) in [6, 6.07) is 35.5. The Hall–Kier alpha value is -5.09. The fourth-order valence-electron chi connectivity index (χ4n) is 6.80. The predicted molar refractivity (Wildman–Crippen MR) is 225 cm³/mol. The van der Waals surface area contributed by atoms with Gasteiger partial charge in [0, 0.05) is 73.1 Å². The number of benzene rings is 5. The standard InChI is InChI=1S/C33H26NO2.C17H20N.Ir/c1-19-18-34-26(16-20(19)17-33(2,3)4)23-13-9-14-25-29-28-24-12-7-8-15-27(24)35-31(28)21-10-5-6-11-22(21)32(29)36-30(23)25;1-13-5-8-15(9-6-13)16-10-7-14(12-18-16)11-17(2,3)4;/h5-12,14-16,18H,17H2,1-4H3;5-8,10,12H,11H2,1-4H3;/q2*-1;/i1D3,17D2;1D3,11D2;. The normalized spacial score (nSPS) is 15.7. The number of nitrogens with zero attached hydrogens (tertiary/aromatic N) is 2. The van der Waals surface area contributed by atoms with Crippen molar-refractivity contribution in [2.24, 2.45) is 10.8 Å². The van der Waals surface area contributed by atoms with Gasteiger partial charge in [0.15, 0.2) is 0 Å². The van der Waals surface area contributed by atoms with Crippen LogP contribution in [0.15, 0.2) is 118 Å². The van der Waals surface area contributed by atoms with E-state index < -0.39 is 37.3 Å². The van der Waals surface area contributed by atoms with Crippen LogP contribution in [0.5, 0.6) is 0 Å². The zero-order valence-corrected chi connectivity index (χ0v) is 33.8. The molecule has 55 heavy (non-hydrogen) atoms. The molecule has 9 aromatic rings. The van der Waals surface area contributed by atoms with Crippen LogP contribution in [-0.4, -0.2) is 9.97 Å². The number of pyridine rings is 2. The molecule has 0 saturated carbocycles. The number of furan rings is 2. The predicted octanol–water partition coefficient (Wildman–Crippen LogP) is 13.8. The first-order chi connectivity index (χ1) is 29.8. The summed E-state index contributed by atoms with van der Waals surface area (Å²) in [6.45, 7) is 6.15. The van der Waals surface area contributed by atoms with E-state index in [1.807, 2.05) is 75.4 Å². The summed E-state index contributed by atoms with van der Waals surface area (Å²) in [5.41, 5.74) is 4.40. The van der Waals surface area contributed by atoms with Crippen LogP contribution in [0.4, 0.5) is 0 Å². The third-order valence-corrected chi connectivity index (χ3v) is 8.95. The van der Waals surface area contributed by atoms with Crippen molar-refractivity contribution in [3.05, 3.63) is 144 Å². The van der Waals surface area contributed by atoms with E-state index in [1.54, 1.807) is 57.2 Å². The summed E-state index contributed by atoms with van der Waals surface area (Å²) in [7, 11) is 0. The molecule has 0 aliphatic carbocycles. The van der Waals surface area contributed by atoms with E-state index >= 15 is 0 Å². The van der Waals surface area contributed by atoms with Gasteiger partial charge in [-0.3, -0.25) is 0 Å². The molecule has 0 N–H and O–H groups in total. The first-order valence-corrected chi connectivity index (χ1v) is 17.9. The quantitative estimate of drug-likeness (QED) is 0.165. The van der Waals surface area contributed by atoms with Crippen molar-refractivity contribution in [1.29, 1.82) is 0 Å². The van der Waals surface area contributed by atoms with Crippen LogP contribution in [0.25, 0.3) is 77.2 Å². The van der Waals surface area contributed by atoms with Crippen LogP contribution in [0.1, 0.15) is 77.5 Å². The Balaban J connectivity index is 0.000000225. The van der Waals surface area contributed by atoms with E-state index in [4.69, 9.17) is 22.5 Å². The molecular weight excluding hydrogens is 853 g/mol. The zero-order valence-electron chi connectivity index (χ0n) is 41.4. The second-order valence-corrected chi connectivity index (χ2v) is 15.5. The number of aromatic nitrogens is 2. The molecule has 5 aromatic carbocycles. The van der Waals surface area contributed by atoms with Gasteiger partial charge >= 0.3 is 0 Å². The van der Waals surface area contributed by atoms with Gasteiger partial charge in [0.05, 0.1) is 5.58 Å². The van der Waals surface area contributed by atoms with Crippen molar-refractivity contribution in [2.75, 3.05) is 0 Å². The minimum absolute atomic E-state index is 0. The first-order valence-electron chi connectivity index (χ1n) is 22.9. The fourth-order valence-corrected chi connectivity index (χ4v) is 6.80. The first kappa shape index (κ1) is 27.5. The Morgan fingerprint density at radius 2 is 1.35 bits per heavy atom. The molecule has 0 aliphatic rings. The van der Waals surface area contributed by atoms with E-state index in [2.05, 4.69) is 22.1 Å². The van der Waals surface area contributed by atoms with E-state index in [1.165, 1.54) is 18.5 Å². The maximum Gasteiger partial charge on any atom is 0.144 e. The average Bonchev–Trinajstić information content (AvgIpc) is 3.82. The zero-order chi connectivity index (χ0) is 46.4. The molecule has 9 rings (SSSR count). The van der Waals surface area contributed by atoms with Crippen LogP contribution in [0.3, 0.4) is 0 Å². The van der Waals surface area contributed by atoms with Crippen LogP contribution in [-0.2, 0) is 32.9 Å². The molecule has 5 heteroatoms. The second kappa shape index (κ2) is 14.9. The van der Waals surface area contributed by atoms with Gasteiger partial charge in [-0.2, -0.15) is 0 Å². The van der Waals surface area contributed by atoms with Gasteiger partial charge in [-0.15, -0.1) is 53.6 Å².